The van der Waals surface area contributed by atoms with Gasteiger partial charge >= 0.3 is 5.69 Å². The second kappa shape index (κ2) is 9.87. The average Bonchev–Trinajstić information content (AvgIpc) is 3.18. The summed E-state index contributed by atoms with van der Waals surface area (Å²) in [5.41, 5.74) is 0.978. The minimum atomic E-state index is -0.481. The van der Waals surface area contributed by atoms with Crippen molar-refractivity contribution in [1.29, 1.82) is 0 Å². The molecule has 0 spiro atoms. The zero-order chi connectivity index (χ0) is 25.3. The number of para-hydroxylation sites is 1. The molecule has 35 heavy (non-hydrogen) atoms. The maximum Gasteiger partial charge on any atom is 0.332 e. The molecule has 0 aliphatic rings. The number of fused-ring (bicyclic) bond motifs is 1. The van der Waals surface area contributed by atoms with Crippen LogP contribution in [-0.4, -0.2) is 40.5 Å². The number of aromatic nitrogens is 6. The first-order valence-corrected chi connectivity index (χ1v) is 12.2. The van der Waals surface area contributed by atoms with Gasteiger partial charge in [-0.1, -0.05) is 43.8 Å². The molecule has 0 fully saturated rings. The molecule has 0 atom stereocenters. The van der Waals surface area contributed by atoms with E-state index in [1.54, 1.807) is 17.7 Å². The van der Waals surface area contributed by atoms with Gasteiger partial charge in [0.2, 0.25) is 5.91 Å². The van der Waals surface area contributed by atoms with Crippen molar-refractivity contribution >= 4 is 34.5 Å². The Kier molecular flexibility index (Phi) is 6.88. The summed E-state index contributed by atoms with van der Waals surface area (Å²) in [6.07, 6.45) is 0. The van der Waals surface area contributed by atoms with Gasteiger partial charge < -0.3 is 5.32 Å². The normalized spacial score (nSPS) is 11.4. The van der Waals surface area contributed by atoms with Crippen LogP contribution in [0, 0.1) is 19.8 Å². The lowest BCUT2D eigenvalue weighted by atomic mass is 10.2. The van der Waals surface area contributed by atoms with Crippen LogP contribution in [0.5, 0.6) is 0 Å². The summed E-state index contributed by atoms with van der Waals surface area (Å²) in [5.74, 6) is 0.872. The first-order chi connectivity index (χ1) is 16.7. The molecule has 0 saturated carbocycles. The van der Waals surface area contributed by atoms with Crippen molar-refractivity contribution in [3.8, 4) is 5.69 Å². The average molecular weight is 494 g/mol. The standard InChI is InChI=1S/C24H27N7O3S/c1-14(2)12-30-21-20(23(33)29(5)24(30)34)22(26-16(4)25-21)35-13-19(32)27-18-11-15(3)28-31(18)17-9-7-6-8-10-17/h6-11,14H,12-13H2,1-5H3,(H,27,32). The van der Waals surface area contributed by atoms with Crippen LogP contribution in [0.2, 0.25) is 0 Å². The van der Waals surface area contributed by atoms with Crippen LogP contribution < -0.4 is 16.6 Å². The third-order valence-corrected chi connectivity index (χ3v) is 6.22. The molecule has 3 heterocycles. The molecule has 0 bridgehead atoms. The highest BCUT2D eigenvalue weighted by molar-refractivity contribution is 8.00. The van der Waals surface area contributed by atoms with Gasteiger partial charge in [-0.05, 0) is 31.9 Å². The molecule has 3 aromatic heterocycles. The summed E-state index contributed by atoms with van der Waals surface area (Å²) in [4.78, 5) is 47.5. The van der Waals surface area contributed by atoms with E-state index in [4.69, 9.17) is 0 Å². The number of hydrogen-bond acceptors (Lipinski definition) is 7. The maximum absolute atomic E-state index is 13.0. The highest BCUT2D eigenvalue weighted by Crippen LogP contribution is 2.24. The molecule has 1 N–H and O–H groups in total. The van der Waals surface area contributed by atoms with Crippen molar-refractivity contribution < 1.29 is 4.79 Å². The number of nitrogens with one attached hydrogen (secondary N) is 1. The molecule has 0 radical (unpaired) electrons. The number of nitrogens with zero attached hydrogens (tertiary/aromatic N) is 6. The molecule has 4 rings (SSSR count). The van der Waals surface area contributed by atoms with Gasteiger partial charge in [-0.2, -0.15) is 5.10 Å². The molecule has 0 unspecified atom stereocenters. The quantitative estimate of drug-likeness (QED) is 0.311. The van der Waals surface area contributed by atoms with Crippen molar-refractivity contribution in [2.24, 2.45) is 13.0 Å². The fourth-order valence-corrected chi connectivity index (χ4v) is 4.60. The molecule has 11 heteroatoms. The number of carbonyl (C=O) groups excluding carboxylic acids is 1. The van der Waals surface area contributed by atoms with E-state index in [1.807, 2.05) is 51.1 Å². The predicted octanol–water partition coefficient (Wildman–Crippen LogP) is 2.68. The second-order valence-electron chi connectivity index (χ2n) is 8.68. The van der Waals surface area contributed by atoms with Gasteiger partial charge in [-0.15, -0.1) is 0 Å². The first-order valence-electron chi connectivity index (χ1n) is 11.2. The smallest absolute Gasteiger partial charge is 0.310 e. The molecule has 182 valence electrons. The third-order valence-electron chi connectivity index (χ3n) is 5.25. The van der Waals surface area contributed by atoms with E-state index in [0.29, 0.717) is 28.9 Å². The van der Waals surface area contributed by atoms with Gasteiger partial charge in [-0.3, -0.25) is 18.7 Å². The van der Waals surface area contributed by atoms with Crippen molar-refractivity contribution in [3.63, 3.8) is 0 Å². The molecule has 0 aliphatic heterocycles. The van der Waals surface area contributed by atoms with Crippen molar-refractivity contribution in [2.45, 2.75) is 39.3 Å². The number of aryl methyl sites for hydroxylation is 2. The highest BCUT2D eigenvalue weighted by atomic mass is 32.2. The lowest BCUT2D eigenvalue weighted by Crippen LogP contribution is -2.39. The largest absolute Gasteiger partial charge is 0.332 e. The lowest BCUT2D eigenvalue weighted by Gasteiger charge is -2.15. The molecule has 0 aliphatic carbocycles. The van der Waals surface area contributed by atoms with Crippen LogP contribution in [0.25, 0.3) is 16.7 Å². The van der Waals surface area contributed by atoms with E-state index in [9.17, 15) is 14.4 Å². The topological polar surface area (TPSA) is 117 Å². The molecule has 1 amide bonds. The van der Waals surface area contributed by atoms with Gasteiger partial charge in [0, 0.05) is 19.7 Å². The molecule has 4 aromatic rings. The Morgan fingerprint density at radius 2 is 1.83 bits per heavy atom. The van der Waals surface area contributed by atoms with E-state index < -0.39 is 11.2 Å². The predicted molar refractivity (Wildman–Crippen MR) is 136 cm³/mol. The van der Waals surface area contributed by atoms with Crippen LogP contribution in [0.4, 0.5) is 5.82 Å². The Hall–Kier alpha value is -3.73. The summed E-state index contributed by atoms with van der Waals surface area (Å²) in [6.45, 7) is 7.93. The minimum Gasteiger partial charge on any atom is -0.310 e. The van der Waals surface area contributed by atoms with Crippen LogP contribution in [0.1, 0.15) is 25.4 Å². The number of amides is 1. The monoisotopic (exact) mass is 493 g/mol. The van der Waals surface area contributed by atoms with Crippen molar-refractivity contribution in [2.75, 3.05) is 11.1 Å². The molecule has 10 nitrogen and oxygen atoms in total. The van der Waals surface area contributed by atoms with Gasteiger partial charge in [0.1, 0.15) is 22.1 Å². The second-order valence-corrected chi connectivity index (χ2v) is 9.64. The third kappa shape index (κ3) is 5.04. The first kappa shape index (κ1) is 24.4. The fraction of sp³-hybridized carbons (Fsp3) is 0.333. The van der Waals surface area contributed by atoms with Gasteiger partial charge in [0.25, 0.3) is 5.56 Å². The van der Waals surface area contributed by atoms with Gasteiger partial charge in [0.05, 0.1) is 17.1 Å². The summed E-state index contributed by atoms with van der Waals surface area (Å²) < 4.78 is 4.23. The summed E-state index contributed by atoms with van der Waals surface area (Å²) in [6, 6.07) is 11.3. The number of thioether (sulfide) groups is 1. The zero-order valence-electron chi connectivity index (χ0n) is 20.3. The van der Waals surface area contributed by atoms with Crippen molar-refractivity contribution in [1.82, 2.24) is 28.9 Å². The van der Waals surface area contributed by atoms with Crippen LogP contribution in [0.3, 0.4) is 0 Å². The Morgan fingerprint density at radius 3 is 2.51 bits per heavy atom. The summed E-state index contributed by atoms with van der Waals surface area (Å²) in [7, 11) is 1.44. The Bertz CT molecular complexity index is 1520. The Morgan fingerprint density at radius 1 is 1.11 bits per heavy atom. The van der Waals surface area contributed by atoms with Crippen LogP contribution >= 0.6 is 11.8 Å². The molecule has 1 aromatic carbocycles. The maximum atomic E-state index is 13.0. The SMILES string of the molecule is Cc1cc(NC(=O)CSc2nc(C)nc3c2c(=O)n(C)c(=O)n3CC(C)C)n(-c2ccccc2)n1. The summed E-state index contributed by atoms with van der Waals surface area (Å²) in [5, 5.41) is 7.97. The van der Waals surface area contributed by atoms with Gasteiger partial charge in [0.15, 0.2) is 5.65 Å². The van der Waals surface area contributed by atoms with Crippen LogP contribution in [-0.2, 0) is 18.4 Å². The lowest BCUT2D eigenvalue weighted by molar-refractivity contribution is -0.113. The minimum absolute atomic E-state index is 0.0109. The summed E-state index contributed by atoms with van der Waals surface area (Å²) >= 11 is 1.13. The van der Waals surface area contributed by atoms with Crippen molar-refractivity contribution in [3.05, 3.63) is 68.8 Å². The van der Waals surface area contributed by atoms with E-state index in [0.717, 1.165) is 27.7 Å². The van der Waals surface area contributed by atoms with Crippen LogP contribution in [0.15, 0.2) is 51.0 Å². The zero-order valence-corrected chi connectivity index (χ0v) is 21.1. The number of rotatable bonds is 7. The Balaban J connectivity index is 1.64. The van der Waals surface area contributed by atoms with E-state index in [2.05, 4.69) is 20.4 Å². The molecular formula is C24H27N7O3S. The van der Waals surface area contributed by atoms with E-state index in [-0.39, 0.29) is 23.0 Å². The fourth-order valence-electron chi connectivity index (χ4n) is 3.74. The number of benzene rings is 1. The highest BCUT2D eigenvalue weighted by Gasteiger charge is 2.20. The van der Waals surface area contributed by atoms with Gasteiger partial charge in [-0.25, -0.2) is 19.4 Å². The number of carbonyl (C=O) groups is 1. The van der Waals surface area contributed by atoms with E-state index in [1.165, 1.54) is 11.6 Å². The number of anilines is 1. The molecular weight excluding hydrogens is 466 g/mol. The molecule has 0 saturated heterocycles. The number of hydrogen-bond donors (Lipinski definition) is 1. The Labute approximate surface area is 206 Å². The van der Waals surface area contributed by atoms with E-state index >= 15 is 0 Å².